The molecule has 5 heterocycles. The van der Waals surface area contributed by atoms with Gasteiger partial charge in [0.2, 0.25) is 0 Å². The Balaban J connectivity index is 1.27. The minimum atomic E-state index is 0.0539. The quantitative estimate of drug-likeness (QED) is 0.478. The summed E-state index contributed by atoms with van der Waals surface area (Å²) in [4.78, 5) is 16.6. The van der Waals surface area contributed by atoms with Crippen molar-refractivity contribution in [2.75, 3.05) is 30.3 Å². The van der Waals surface area contributed by atoms with E-state index in [1.807, 2.05) is 16.9 Å². The van der Waals surface area contributed by atoms with Gasteiger partial charge in [0.1, 0.15) is 16.5 Å². The number of halogens is 1. The van der Waals surface area contributed by atoms with Crippen molar-refractivity contribution in [3.63, 3.8) is 0 Å². The molecule has 5 rings (SSSR count). The second-order valence-electron chi connectivity index (χ2n) is 9.94. The highest BCUT2D eigenvalue weighted by Crippen LogP contribution is 2.42. The molecule has 194 valence electrons. The molecule has 2 fully saturated rings. The van der Waals surface area contributed by atoms with Crippen LogP contribution in [0.2, 0.25) is 5.02 Å². The van der Waals surface area contributed by atoms with Gasteiger partial charge in [-0.15, -0.1) is 0 Å². The fraction of sp³-hybridized carbons (Fsp3) is 0.462. The molecule has 11 heteroatoms. The van der Waals surface area contributed by atoms with Gasteiger partial charge in [-0.1, -0.05) is 29.3 Å². The van der Waals surface area contributed by atoms with Gasteiger partial charge in [0.05, 0.1) is 35.7 Å². The van der Waals surface area contributed by atoms with Crippen LogP contribution in [0.15, 0.2) is 40.8 Å². The number of nitrogens with two attached hydrogens (primary N) is 2. The van der Waals surface area contributed by atoms with Gasteiger partial charge in [0.15, 0.2) is 5.82 Å². The lowest BCUT2D eigenvalue weighted by molar-refractivity contribution is 0.0974. The minimum Gasteiger partial charge on any atom is -0.381 e. The molecule has 3 aromatic heterocycles. The second-order valence-corrected chi connectivity index (χ2v) is 11.3. The molecule has 0 amide bonds. The van der Waals surface area contributed by atoms with Gasteiger partial charge in [-0.25, -0.2) is 15.0 Å². The van der Waals surface area contributed by atoms with E-state index in [2.05, 4.69) is 57.6 Å². The van der Waals surface area contributed by atoms with E-state index >= 15 is 0 Å². The van der Waals surface area contributed by atoms with E-state index in [4.69, 9.17) is 27.8 Å². The van der Waals surface area contributed by atoms with Crippen LogP contribution in [0.5, 0.6) is 0 Å². The highest BCUT2D eigenvalue weighted by Gasteiger charge is 2.47. The molecular weight excluding hydrogens is 508 g/mol. The van der Waals surface area contributed by atoms with Crippen LogP contribution in [0, 0.1) is 17.3 Å². The third-order valence-electron chi connectivity index (χ3n) is 7.20. The van der Waals surface area contributed by atoms with Gasteiger partial charge in [0.25, 0.3) is 0 Å². The summed E-state index contributed by atoms with van der Waals surface area (Å²) in [5.74, 6) is 7.26. The van der Waals surface area contributed by atoms with Crippen LogP contribution in [0.1, 0.15) is 50.9 Å². The molecule has 0 aromatic carbocycles. The van der Waals surface area contributed by atoms with Gasteiger partial charge >= 0.3 is 0 Å². The Morgan fingerprint density at radius 3 is 2.65 bits per heavy atom. The van der Waals surface area contributed by atoms with Crippen molar-refractivity contribution < 1.29 is 4.74 Å². The number of piperidine rings is 1. The number of hydrogen-bond donors (Lipinski definition) is 2. The van der Waals surface area contributed by atoms with Crippen molar-refractivity contribution in [3.8, 4) is 11.8 Å². The lowest BCUT2D eigenvalue weighted by atomic mass is 9.73. The fourth-order valence-corrected chi connectivity index (χ4v) is 5.83. The molecule has 2 aliphatic heterocycles. The van der Waals surface area contributed by atoms with Crippen molar-refractivity contribution >= 4 is 35.0 Å². The molecule has 0 aliphatic carbocycles. The number of ether oxygens (including phenoxy) is 1. The van der Waals surface area contributed by atoms with E-state index in [0.717, 1.165) is 48.8 Å². The fourth-order valence-electron chi connectivity index (χ4n) is 4.78. The zero-order valence-electron chi connectivity index (χ0n) is 21.2. The predicted molar refractivity (Wildman–Crippen MR) is 146 cm³/mol. The molecular formula is C26H31ClN8OS. The first-order valence-corrected chi connectivity index (χ1v) is 13.6. The molecule has 2 aliphatic rings. The third-order valence-corrected chi connectivity index (χ3v) is 8.76. The lowest BCUT2D eigenvalue weighted by Gasteiger charge is -2.41. The normalized spacial score (nSPS) is 20.9. The summed E-state index contributed by atoms with van der Waals surface area (Å²) in [6, 6.07) is 2.16. The lowest BCUT2D eigenvalue weighted by Crippen LogP contribution is -2.50. The van der Waals surface area contributed by atoms with E-state index in [-0.39, 0.29) is 23.6 Å². The topological polar surface area (TPSA) is 121 Å². The largest absolute Gasteiger partial charge is 0.381 e. The Hall–Kier alpha value is -2.84. The van der Waals surface area contributed by atoms with Crippen LogP contribution in [-0.4, -0.2) is 56.6 Å². The average Bonchev–Trinajstić information content (AvgIpc) is 3.48. The molecule has 0 saturated carbocycles. The van der Waals surface area contributed by atoms with Gasteiger partial charge in [0, 0.05) is 47.9 Å². The predicted octanol–water partition coefficient (Wildman–Crippen LogP) is 3.77. The van der Waals surface area contributed by atoms with Crippen LogP contribution in [0.4, 0.5) is 11.6 Å². The van der Waals surface area contributed by atoms with Crippen LogP contribution in [0.25, 0.3) is 0 Å². The zero-order chi connectivity index (χ0) is 26.2. The number of hydrogen-bond acceptors (Lipinski definition) is 9. The maximum absolute atomic E-state index is 6.64. The van der Waals surface area contributed by atoms with E-state index in [0.29, 0.717) is 21.6 Å². The highest BCUT2D eigenvalue weighted by molar-refractivity contribution is 7.99. The summed E-state index contributed by atoms with van der Waals surface area (Å²) >= 11 is 7.99. The zero-order valence-corrected chi connectivity index (χ0v) is 22.8. The Kier molecular flexibility index (Phi) is 7.32. The monoisotopic (exact) mass is 538 g/mol. The smallest absolute Gasteiger partial charge is 0.158 e. The second kappa shape index (κ2) is 10.5. The standard InChI is InChI=1S/C26H31ClN8OS/c1-16(2)35-14-18(12-32-35)4-5-19-22(27)20(6-9-30-19)37-25-24(29)33-21(13-31-25)34-10-7-26(8-11-34)15-36-17(3)23(26)28/h6,9,12-14,16-17,23H,7-8,10-11,15,28H2,1-3H3,(H2,29,33)/t17-,23+/m0/s1. The maximum atomic E-state index is 6.64. The third kappa shape index (κ3) is 5.27. The van der Waals surface area contributed by atoms with Crippen LogP contribution < -0.4 is 16.4 Å². The number of pyridine rings is 1. The molecule has 4 N–H and O–H groups in total. The van der Waals surface area contributed by atoms with Crippen LogP contribution in [-0.2, 0) is 4.74 Å². The summed E-state index contributed by atoms with van der Waals surface area (Å²) in [7, 11) is 0. The average molecular weight is 539 g/mol. The number of nitrogens with zero attached hydrogens (tertiary/aromatic N) is 6. The van der Waals surface area contributed by atoms with Crippen molar-refractivity contribution in [2.45, 2.75) is 61.7 Å². The van der Waals surface area contributed by atoms with Crippen LogP contribution in [0.3, 0.4) is 0 Å². The number of anilines is 2. The SMILES string of the molecule is CC(C)n1cc(C#Cc2nccc(Sc3ncc(N4CCC5(CC4)CO[C@@H](C)[C@H]5N)nc3N)c2Cl)cn1. The first kappa shape index (κ1) is 25.8. The first-order valence-electron chi connectivity index (χ1n) is 12.4. The van der Waals surface area contributed by atoms with E-state index in [1.165, 1.54) is 11.8 Å². The van der Waals surface area contributed by atoms with Crippen molar-refractivity contribution in [1.29, 1.82) is 0 Å². The highest BCUT2D eigenvalue weighted by atomic mass is 35.5. The van der Waals surface area contributed by atoms with Gasteiger partial charge in [-0.3, -0.25) is 4.68 Å². The van der Waals surface area contributed by atoms with Crippen molar-refractivity contribution in [2.24, 2.45) is 11.1 Å². The van der Waals surface area contributed by atoms with Gasteiger partial charge < -0.3 is 21.1 Å². The maximum Gasteiger partial charge on any atom is 0.158 e. The van der Waals surface area contributed by atoms with Crippen molar-refractivity contribution in [3.05, 3.63) is 47.1 Å². The number of aromatic nitrogens is 5. The Labute approximate surface area is 226 Å². The molecule has 2 atom stereocenters. The van der Waals surface area contributed by atoms with Gasteiger partial charge in [-0.2, -0.15) is 5.10 Å². The number of nitrogen functional groups attached to an aromatic ring is 1. The molecule has 0 radical (unpaired) electrons. The molecule has 0 unspecified atom stereocenters. The molecule has 2 saturated heterocycles. The first-order chi connectivity index (χ1) is 17.8. The molecule has 37 heavy (non-hydrogen) atoms. The molecule has 1 spiro atoms. The molecule has 3 aromatic rings. The summed E-state index contributed by atoms with van der Waals surface area (Å²) in [6.45, 7) is 8.61. The van der Waals surface area contributed by atoms with Crippen LogP contribution >= 0.6 is 23.4 Å². The summed E-state index contributed by atoms with van der Waals surface area (Å²) < 4.78 is 7.69. The van der Waals surface area contributed by atoms with Gasteiger partial charge in [-0.05, 0) is 45.6 Å². The van der Waals surface area contributed by atoms with E-state index in [9.17, 15) is 0 Å². The summed E-state index contributed by atoms with van der Waals surface area (Å²) in [5, 5.41) is 5.35. The Morgan fingerprint density at radius 1 is 1.22 bits per heavy atom. The molecule has 0 bridgehead atoms. The minimum absolute atomic E-state index is 0.0539. The van der Waals surface area contributed by atoms with Crippen molar-refractivity contribution in [1.82, 2.24) is 24.7 Å². The molecule has 9 nitrogen and oxygen atoms in total. The Morgan fingerprint density at radius 2 is 2.00 bits per heavy atom. The summed E-state index contributed by atoms with van der Waals surface area (Å²) in [5.41, 5.74) is 14.1. The van der Waals surface area contributed by atoms with E-state index in [1.54, 1.807) is 18.6 Å². The Bertz CT molecular complexity index is 1340. The summed E-state index contributed by atoms with van der Waals surface area (Å²) in [6.07, 6.45) is 9.11. The number of rotatable bonds is 4. The van der Waals surface area contributed by atoms with E-state index < -0.39 is 0 Å².